The summed E-state index contributed by atoms with van der Waals surface area (Å²) < 4.78 is 14.7. The lowest BCUT2D eigenvalue weighted by molar-refractivity contribution is 0.660. The van der Waals surface area contributed by atoms with Crippen LogP contribution in [0.3, 0.4) is 0 Å². The van der Waals surface area contributed by atoms with Gasteiger partial charge in [-0.05, 0) is 300 Å². The molecule has 0 bridgehead atoms. The first-order valence-corrected chi connectivity index (χ1v) is 50.6. The van der Waals surface area contributed by atoms with Gasteiger partial charge in [0.15, 0.2) is 5.82 Å². The van der Waals surface area contributed by atoms with E-state index in [0.717, 1.165) is 83.4 Å². The predicted octanol–water partition coefficient (Wildman–Crippen LogP) is 35.5. The molecule has 3 aliphatic carbocycles. The second-order valence-electron chi connectivity index (χ2n) is 41.9. The Morgan fingerprint density at radius 2 is 0.372 bits per heavy atom. The fourth-order valence-corrected chi connectivity index (χ4v) is 26.2. The molecule has 0 atom stereocenters. The van der Waals surface area contributed by atoms with Crippen LogP contribution in [0.15, 0.2) is 449 Å². The van der Waals surface area contributed by atoms with E-state index < -0.39 is 0 Å². The maximum Gasteiger partial charge on any atom is 0.160 e. The summed E-state index contributed by atoms with van der Waals surface area (Å²) in [7, 11) is 0. The van der Waals surface area contributed by atoms with Crippen molar-refractivity contribution in [3.05, 3.63) is 482 Å². The minimum Gasteiger partial charge on any atom is -0.309 e. The van der Waals surface area contributed by atoms with E-state index in [4.69, 9.17) is 9.97 Å². The third kappa shape index (κ3) is 11.6. The number of benzene rings is 21. The molecule has 7 heterocycles. The van der Waals surface area contributed by atoms with Gasteiger partial charge in [-0.25, -0.2) is 9.97 Å². The Bertz CT molecular complexity index is 10600. The number of fused-ring (bicyclic) bond motifs is 28. The van der Waals surface area contributed by atoms with E-state index >= 15 is 0 Å². The smallest absolute Gasteiger partial charge is 0.160 e. The van der Waals surface area contributed by atoms with E-state index in [1.54, 1.807) is 0 Å². The molecule has 0 radical (unpaired) electrons. The molecular formula is C137H92N8. The van der Waals surface area contributed by atoms with Crippen molar-refractivity contribution in [1.82, 2.24) is 37.4 Å². The summed E-state index contributed by atoms with van der Waals surface area (Å²) in [6.45, 7) is 14.2. The Kier molecular flexibility index (Phi) is 16.8. The Morgan fingerprint density at radius 3 is 0.669 bits per heavy atom. The number of aromatic nitrogens is 8. The van der Waals surface area contributed by atoms with Crippen LogP contribution >= 0.6 is 0 Å². The van der Waals surface area contributed by atoms with Crippen LogP contribution < -0.4 is 0 Å². The van der Waals surface area contributed by atoms with Gasteiger partial charge in [-0.15, -0.1) is 0 Å². The van der Waals surface area contributed by atoms with Crippen molar-refractivity contribution in [3.63, 3.8) is 0 Å². The minimum absolute atomic E-state index is 0.116. The summed E-state index contributed by atoms with van der Waals surface area (Å²) in [4.78, 5) is 11.4. The molecule has 0 spiro atoms. The maximum absolute atomic E-state index is 5.80. The Labute approximate surface area is 836 Å². The molecule has 21 aromatic carbocycles. The molecule has 8 heteroatoms. The molecule has 7 aromatic heterocycles. The van der Waals surface area contributed by atoms with Gasteiger partial charge in [0.1, 0.15) is 0 Å². The normalized spacial score (nSPS) is 13.8. The van der Waals surface area contributed by atoms with E-state index in [-0.39, 0.29) is 16.2 Å². The number of para-hydroxylation sites is 6. The van der Waals surface area contributed by atoms with Crippen molar-refractivity contribution in [2.45, 2.75) is 57.8 Å². The SMILES string of the molecule is CC1(C)c2ccccc2-c2ccc(-n3c4ccccc4c4cc(-c5ccc6c(c5)c5ccccc5n6-c5ccc(-c6nc(-c7ccc(-n8c9ccccc9c9cc(-c%10ccc%11c(c%10)c%10ccccc%10n%11-c%10ccc%11c(c%10)C(C)(C)c%10ccccc%10-%11)ccc98)cc7)c7cc(-n8c9ccccc9c9cc(-c%10ccc%11c(c%10)c%10ccccc%10n%11-c%10ccc%11c(c%10)C(C)(C)c%10ccccc%10-%11)ccc98)ccc7n6)cc5)ccc43)cc21. The zero-order chi connectivity index (χ0) is 95.9. The maximum atomic E-state index is 5.80. The summed E-state index contributed by atoms with van der Waals surface area (Å²) in [5, 5.41) is 15.5. The van der Waals surface area contributed by atoms with Crippen molar-refractivity contribution in [2.24, 2.45) is 0 Å². The van der Waals surface area contributed by atoms with Crippen LogP contribution in [0.5, 0.6) is 0 Å². The van der Waals surface area contributed by atoms with E-state index in [2.05, 4.69) is 518 Å². The molecule has 28 aromatic rings. The average Bonchev–Trinajstić information content (AvgIpc) is 1.62. The van der Waals surface area contributed by atoms with Crippen molar-refractivity contribution in [1.29, 1.82) is 0 Å². The van der Waals surface area contributed by atoms with E-state index in [1.807, 2.05) is 0 Å². The summed E-state index contributed by atoms with van der Waals surface area (Å²) in [6, 6.07) is 168. The highest BCUT2D eigenvalue weighted by Gasteiger charge is 2.40. The van der Waals surface area contributed by atoms with Crippen LogP contribution in [0, 0.1) is 0 Å². The zero-order valence-electron chi connectivity index (χ0n) is 80.8. The van der Waals surface area contributed by atoms with E-state index in [0.29, 0.717) is 5.82 Å². The lowest BCUT2D eigenvalue weighted by Gasteiger charge is -2.22. The number of hydrogen-bond donors (Lipinski definition) is 0. The summed E-state index contributed by atoms with van der Waals surface area (Å²) in [5.74, 6) is 0.642. The minimum atomic E-state index is -0.124. The standard InChI is InChI=1S/C137H92N8/c1-135(2)114-34-16-7-25-95(114)98-61-57-92(78-117(98)135)143-124-40-22-13-31-104(124)110-74-86(50-68-130(110)143)83-47-65-127-107(71-83)101-28-10-19-37-121(101)140(127)89-53-43-81(44-54-89)133-113-77-91(142-123-39-21-12-30-103(123)109-73-85(49-67-129(109)142)88-52-70-132-112(76-88)106-33-15-24-42-126(106)145(132)94-59-63-100-97-27-9-18-36-116(97)137(5,6)119(100)80-94)60-64-120(113)138-134(139-133)82-45-55-90(56-46-82)141-122-38-20-11-29-102(122)108-72-84(48-66-128(108)141)87-51-69-131-111(75-87)105-32-14-23-41-125(105)144(131)93-58-62-99-96-26-8-17-35-115(96)136(3,4)118(99)79-93/h7-80H,1-6H3. The summed E-state index contributed by atoms with van der Waals surface area (Å²) >= 11 is 0. The molecule has 0 saturated carbocycles. The fourth-order valence-electron chi connectivity index (χ4n) is 26.2. The van der Waals surface area contributed by atoms with E-state index in [1.165, 1.54) is 209 Å². The van der Waals surface area contributed by atoms with Crippen LogP contribution in [-0.4, -0.2) is 37.4 Å². The van der Waals surface area contributed by atoms with Gasteiger partial charge in [-0.1, -0.05) is 290 Å². The Balaban J connectivity index is 0.512. The molecule has 0 fully saturated rings. The average molecular weight is 1850 g/mol. The first-order valence-electron chi connectivity index (χ1n) is 50.6. The monoisotopic (exact) mass is 1850 g/mol. The van der Waals surface area contributed by atoms with Crippen molar-refractivity contribution < 1.29 is 0 Å². The molecule has 0 unspecified atom stereocenters. The van der Waals surface area contributed by atoms with Crippen LogP contribution in [-0.2, 0) is 16.2 Å². The Morgan fingerprint density at radius 1 is 0.152 bits per heavy atom. The molecule has 0 amide bonds. The molecule has 0 aliphatic heterocycles. The highest BCUT2D eigenvalue weighted by atomic mass is 15.0. The molecule has 3 aliphatic rings. The third-order valence-corrected chi connectivity index (χ3v) is 33.2. The van der Waals surface area contributed by atoms with Gasteiger partial charge in [0.2, 0.25) is 0 Å². The molecular weight excluding hydrogens is 1760 g/mol. The lowest BCUT2D eigenvalue weighted by atomic mass is 9.82. The first kappa shape index (κ1) is 81.6. The predicted molar refractivity (Wildman–Crippen MR) is 605 cm³/mol. The van der Waals surface area contributed by atoms with Crippen molar-refractivity contribution in [3.8, 4) is 124 Å². The van der Waals surface area contributed by atoms with Gasteiger partial charge < -0.3 is 27.4 Å². The molecule has 145 heavy (non-hydrogen) atoms. The van der Waals surface area contributed by atoms with Crippen LogP contribution in [0.1, 0.15) is 74.9 Å². The zero-order valence-corrected chi connectivity index (χ0v) is 80.8. The fraction of sp³-hybridized carbons (Fsp3) is 0.0657. The number of hydrogen-bond acceptors (Lipinski definition) is 2. The van der Waals surface area contributed by atoms with Crippen molar-refractivity contribution in [2.75, 3.05) is 0 Å². The summed E-state index contributed by atoms with van der Waals surface area (Å²) in [5.41, 5.74) is 47.0. The Hall–Kier alpha value is -18.2. The second kappa shape index (κ2) is 29.9. The molecule has 31 rings (SSSR count). The van der Waals surface area contributed by atoms with Crippen molar-refractivity contribution >= 4 is 142 Å². The first-order chi connectivity index (χ1) is 71.1. The van der Waals surface area contributed by atoms with Gasteiger partial charge in [0.05, 0.1) is 77.4 Å². The highest BCUT2D eigenvalue weighted by Crippen LogP contribution is 2.55. The van der Waals surface area contributed by atoms with Crippen LogP contribution in [0.25, 0.3) is 265 Å². The van der Waals surface area contributed by atoms with E-state index in [9.17, 15) is 0 Å². The largest absolute Gasteiger partial charge is 0.309 e. The lowest BCUT2D eigenvalue weighted by Crippen LogP contribution is -2.15. The quantitative estimate of drug-likeness (QED) is 0.130. The molecule has 8 nitrogen and oxygen atoms in total. The van der Waals surface area contributed by atoms with Gasteiger partial charge in [-0.3, -0.25) is 0 Å². The topological polar surface area (TPSA) is 55.4 Å². The van der Waals surface area contributed by atoms with Gasteiger partial charge in [-0.2, -0.15) is 0 Å². The van der Waals surface area contributed by atoms with Gasteiger partial charge in [0.25, 0.3) is 0 Å². The number of nitrogens with zero attached hydrogens (tertiary/aromatic N) is 8. The molecule has 680 valence electrons. The van der Waals surface area contributed by atoms with Crippen LogP contribution in [0.4, 0.5) is 0 Å². The van der Waals surface area contributed by atoms with Gasteiger partial charge >= 0.3 is 0 Å². The third-order valence-electron chi connectivity index (χ3n) is 33.2. The second-order valence-corrected chi connectivity index (χ2v) is 41.9. The number of rotatable bonds is 11. The summed E-state index contributed by atoms with van der Waals surface area (Å²) in [6.07, 6.45) is 0. The van der Waals surface area contributed by atoms with Gasteiger partial charge in [0, 0.05) is 132 Å². The molecule has 0 N–H and O–H groups in total. The molecule has 0 saturated heterocycles. The van der Waals surface area contributed by atoms with Crippen LogP contribution in [0.2, 0.25) is 0 Å². The highest BCUT2D eigenvalue weighted by molar-refractivity contribution is 6.18.